The molecule has 0 radical (unpaired) electrons. The molecule has 0 bridgehead atoms. The molecule has 0 aliphatic rings. The number of amides is 1. The van der Waals surface area contributed by atoms with Crippen LogP contribution in [0, 0.1) is 0 Å². The van der Waals surface area contributed by atoms with Crippen LogP contribution < -0.4 is 5.32 Å². The summed E-state index contributed by atoms with van der Waals surface area (Å²) >= 11 is 6.03. The van der Waals surface area contributed by atoms with Crippen molar-refractivity contribution in [3.8, 4) is 0 Å². The number of nitrogens with zero attached hydrogens (tertiary/aromatic N) is 1. The van der Waals surface area contributed by atoms with Gasteiger partial charge in [0.05, 0.1) is 25.7 Å². The van der Waals surface area contributed by atoms with Crippen LogP contribution in [0.5, 0.6) is 0 Å². The minimum atomic E-state index is -2.55. The molecule has 0 heterocycles. The topological polar surface area (TPSA) is 52.6 Å². The highest BCUT2D eigenvalue weighted by molar-refractivity contribution is 6.31. The van der Waals surface area contributed by atoms with Gasteiger partial charge in [-0.2, -0.15) is 0 Å². The van der Waals surface area contributed by atoms with E-state index in [0.717, 1.165) is 5.56 Å². The molecule has 1 rings (SSSR count). The average molecular weight is 321 g/mol. The van der Waals surface area contributed by atoms with Gasteiger partial charge in [-0.1, -0.05) is 29.8 Å². The molecular formula is C14H19ClF2N2O2. The van der Waals surface area contributed by atoms with E-state index < -0.39 is 18.9 Å². The van der Waals surface area contributed by atoms with E-state index in [1.54, 1.807) is 31.2 Å². The van der Waals surface area contributed by atoms with E-state index in [1.807, 2.05) is 0 Å². The van der Waals surface area contributed by atoms with E-state index in [2.05, 4.69) is 5.32 Å². The van der Waals surface area contributed by atoms with Crippen molar-refractivity contribution >= 4 is 17.5 Å². The third-order valence-electron chi connectivity index (χ3n) is 2.93. The molecule has 0 saturated heterocycles. The van der Waals surface area contributed by atoms with Crippen LogP contribution in [0.2, 0.25) is 5.02 Å². The van der Waals surface area contributed by atoms with Gasteiger partial charge in [-0.05, 0) is 18.6 Å². The number of hydrogen-bond donors (Lipinski definition) is 2. The van der Waals surface area contributed by atoms with Crippen LogP contribution in [0.1, 0.15) is 18.5 Å². The van der Waals surface area contributed by atoms with Crippen LogP contribution in [0.3, 0.4) is 0 Å². The molecule has 1 atom stereocenters. The minimum absolute atomic E-state index is 0.0260. The highest BCUT2D eigenvalue weighted by Crippen LogP contribution is 2.21. The molecule has 21 heavy (non-hydrogen) atoms. The maximum atomic E-state index is 12.4. The van der Waals surface area contributed by atoms with Crippen molar-refractivity contribution in [2.24, 2.45) is 0 Å². The maximum absolute atomic E-state index is 12.4. The van der Waals surface area contributed by atoms with Crippen LogP contribution >= 0.6 is 11.6 Å². The number of halogens is 3. The maximum Gasteiger partial charge on any atom is 0.251 e. The normalized spacial score (nSPS) is 12.7. The summed E-state index contributed by atoms with van der Waals surface area (Å²) in [5, 5.41) is 12.1. The summed E-state index contributed by atoms with van der Waals surface area (Å²) in [6.07, 6.45) is -2.55. The van der Waals surface area contributed by atoms with Crippen molar-refractivity contribution in [3.63, 3.8) is 0 Å². The summed E-state index contributed by atoms with van der Waals surface area (Å²) in [4.78, 5) is 13.1. The fourth-order valence-corrected chi connectivity index (χ4v) is 2.27. The molecular weight excluding hydrogens is 302 g/mol. The lowest BCUT2D eigenvalue weighted by Gasteiger charge is -2.22. The molecule has 0 saturated carbocycles. The highest BCUT2D eigenvalue weighted by atomic mass is 35.5. The first-order valence-corrected chi connectivity index (χ1v) is 6.97. The number of nitrogens with one attached hydrogen (secondary N) is 1. The quantitative estimate of drug-likeness (QED) is 0.771. The first-order chi connectivity index (χ1) is 9.93. The Balaban J connectivity index is 2.57. The Kier molecular flexibility index (Phi) is 7.56. The lowest BCUT2D eigenvalue weighted by atomic mass is 10.1. The lowest BCUT2D eigenvalue weighted by molar-refractivity contribution is -0.123. The first kappa shape index (κ1) is 17.8. The number of carbonyl (C=O) groups excluding carboxylic acids is 1. The molecule has 0 aromatic heterocycles. The summed E-state index contributed by atoms with van der Waals surface area (Å²) in [6.45, 7) is 0.773. The molecule has 1 unspecified atom stereocenters. The van der Waals surface area contributed by atoms with Gasteiger partial charge in [-0.15, -0.1) is 0 Å². The Labute approximate surface area is 127 Å². The Morgan fingerprint density at radius 3 is 2.67 bits per heavy atom. The van der Waals surface area contributed by atoms with Crippen molar-refractivity contribution in [2.45, 2.75) is 19.4 Å². The van der Waals surface area contributed by atoms with E-state index in [9.17, 15) is 13.6 Å². The summed E-state index contributed by atoms with van der Waals surface area (Å²) in [5.41, 5.74) is 0.759. The van der Waals surface area contributed by atoms with Gasteiger partial charge >= 0.3 is 0 Å². The van der Waals surface area contributed by atoms with Gasteiger partial charge in [0.1, 0.15) is 0 Å². The van der Waals surface area contributed by atoms with Crippen molar-refractivity contribution in [2.75, 3.05) is 26.2 Å². The molecule has 1 aromatic carbocycles. The zero-order chi connectivity index (χ0) is 15.8. The van der Waals surface area contributed by atoms with E-state index in [1.165, 1.54) is 4.90 Å². The van der Waals surface area contributed by atoms with Crippen LogP contribution in [0.15, 0.2) is 24.3 Å². The standard InChI is InChI=1S/C14H19ClF2N2O2/c1-10(11-4-2-3-5-12(11)15)18-14(21)9-19(6-7-20)8-13(16)17/h2-5,10,13,20H,6-9H2,1H3,(H,18,21). The van der Waals surface area contributed by atoms with Gasteiger partial charge < -0.3 is 10.4 Å². The molecule has 118 valence electrons. The smallest absolute Gasteiger partial charge is 0.251 e. The monoisotopic (exact) mass is 320 g/mol. The van der Waals surface area contributed by atoms with E-state index in [4.69, 9.17) is 16.7 Å². The van der Waals surface area contributed by atoms with Crippen molar-refractivity contribution in [1.29, 1.82) is 0 Å². The van der Waals surface area contributed by atoms with Gasteiger partial charge in [0.25, 0.3) is 6.43 Å². The van der Waals surface area contributed by atoms with Crippen LogP contribution in [0.25, 0.3) is 0 Å². The second-order valence-corrected chi connectivity index (χ2v) is 5.07. The van der Waals surface area contributed by atoms with Gasteiger partial charge in [-0.25, -0.2) is 8.78 Å². The second kappa shape index (κ2) is 8.92. The van der Waals surface area contributed by atoms with Crippen molar-refractivity contribution in [3.05, 3.63) is 34.9 Å². The number of aliphatic hydroxyl groups is 1. The molecule has 1 aromatic rings. The van der Waals surface area contributed by atoms with Crippen molar-refractivity contribution in [1.82, 2.24) is 10.2 Å². The average Bonchev–Trinajstić information content (AvgIpc) is 2.38. The molecule has 2 N–H and O–H groups in total. The van der Waals surface area contributed by atoms with Gasteiger partial charge in [0.2, 0.25) is 5.91 Å². The lowest BCUT2D eigenvalue weighted by Crippen LogP contribution is -2.41. The molecule has 0 aliphatic heterocycles. The number of hydrogen-bond acceptors (Lipinski definition) is 3. The molecule has 1 amide bonds. The van der Waals surface area contributed by atoms with Gasteiger partial charge in [0, 0.05) is 11.6 Å². The Morgan fingerprint density at radius 1 is 1.43 bits per heavy atom. The second-order valence-electron chi connectivity index (χ2n) is 4.66. The number of rotatable bonds is 8. The van der Waals surface area contributed by atoms with E-state index >= 15 is 0 Å². The third kappa shape index (κ3) is 6.37. The zero-order valence-corrected chi connectivity index (χ0v) is 12.5. The Hall–Kier alpha value is -1.24. The van der Waals surface area contributed by atoms with Gasteiger partial charge in [0.15, 0.2) is 0 Å². The predicted octanol–water partition coefficient (Wildman–Crippen LogP) is 2.08. The number of carbonyl (C=O) groups is 1. The summed E-state index contributed by atoms with van der Waals surface area (Å²) in [5.74, 6) is -0.392. The Morgan fingerprint density at radius 2 is 2.10 bits per heavy atom. The molecule has 0 fully saturated rings. The number of alkyl halides is 2. The van der Waals surface area contributed by atoms with E-state index in [0.29, 0.717) is 5.02 Å². The fraction of sp³-hybridized carbons (Fsp3) is 0.500. The van der Waals surface area contributed by atoms with Gasteiger partial charge in [-0.3, -0.25) is 9.69 Å². The molecule has 0 aliphatic carbocycles. The zero-order valence-electron chi connectivity index (χ0n) is 11.7. The SMILES string of the molecule is CC(NC(=O)CN(CCO)CC(F)F)c1ccccc1Cl. The van der Waals surface area contributed by atoms with Crippen molar-refractivity contribution < 1.29 is 18.7 Å². The first-order valence-electron chi connectivity index (χ1n) is 6.59. The molecule has 0 spiro atoms. The van der Waals surface area contributed by atoms with Crippen LogP contribution in [-0.4, -0.2) is 48.6 Å². The van der Waals surface area contributed by atoms with E-state index in [-0.39, 0.29) is 25.7 Å². The largest absolute Gasteiger partial charge is 0.395 e. The molecule has 7 heteroatoms. The predicted molar refractivity (Wildman–Crippen MR) is 77.5 cm³/mol. The highest BCUT2D eigenvalue weighted by Gasteiger charge is 2.17. The fourth-order valence-electron chi connectivity index (χ4n) is 1.97. The van der Waals surface area contributed by atoms with Crippen LogP contribution in [0.4, 0.5) is 8.78 Å². The van der Waals surface area contributed by atoms with Crippen LogP contribution in [-0.2, 0) is 4.79 Å². The summed E-state index contributed by atoms with van der Waals surface area (Å²) in [6, 6.07) is 6.77. The summed E-state index contributed by atoms with van der Waals surface area (Å²) < 4.78 is 24.7. The summed E-state index contributed by atoms with van der Waals surface area (Å²) in [7, 11) is 0. The number of aliphatic hydroxyl groups excluding tert-OH is 1. The number of benzene rings is 1. The Bertz CT molecular complexity index is 460. The molecule has 4 nitrogen and oxygen atoms in total. The minimum Gasteiger partial charge on any atom is -0.395 e. The third-order valence-corrected chi connectivity index (χ3v) is 3.27.